The van der Waals surface area contributed by atoms with Gasteiger partial charge >= 0.3 is 0 Å². The molecule has 0 bridgehead atoms. The van der Waals surface area contributed by atoms with E-state index in [-0.39, 0.29) is 6.04 Å². The summed E-state index contributed by atoms with van der Waals surface area (Å²) in [6, 6.07) is 7.88. The molecule has 1 aromatic rings. The predicted molar refractivity (Wildman–Crippen MR) is 103 cm³/mol. The minimum absolute atomic E-state index is 0.0820. The van der Waals surface area contributed by atoms with Gasteiger partial charge in [-0.05, 0) is 30.5 Å². The Kier molecular flexibility index (Phi) is 4.68. The lowest BCUT2D eigenvalue weighted by Gasteiger charge is -2.28. The molecule has 2 heterocycles. The van der Waals surface area contributed by atoms with Gasteiger partial charge in [0.05, 0.1) is 18.6 Å². The first-order valence-electron chi connectivity index (χ1n) is 9.07. The van der Waals surface area contributed by atoms with Crippen LogP contribution in [0.25, 0.3) is 0 Å². The predicted octanol–water partition coefficient (Wildman–Crippen LogP) is 2.76. The molecule has 1 aliphatic carbocycles. The van der Waals surface area contributed by atoms with Gasteiger partial charge in [0.2, 0.25) is 0 Å². The van der Waals surface area contributed by atoms with E-state index in [1.165, 1.54) is 19.3 Å². The number of aliphatic imine (C=N–C) groups is 2. The molecule has 1 aromatic carbocycles. The number of carbonyl (C=O) groups is 1. The number of nitrogens with one attached hydrogen (secondary N) is 1. The van der Waals surface area contributed by atoms with Gasteiger partial charge in [0.15, 0.2) is 11.7 Å². The highest BCUT2D eigenvalue weighted by atomic mass is 35.5. The largest absolute Gasteiger partial charge is 0.364 e. The average Bonchev–Trinajstić information content (AvgIpc) is 3.09. The summed E-state index contributed by atoms with van der Waals surface area (Å²) in [5.74, 6) is 0.962. The first-order valence-corrected chi connectivity index (χ1v) is 9.45. The summed E-state index contributed by atoms with van der Waals surface area (Å²) in [6.07, 6.45) is 7.57. The van der Waals surface area contributed by atoms with Crippen molar-refractivity contribution in [2.45, 2.75) is 44.2 Å². The minimum atomic E-state index is -0.473. The molecule has 26 heavy (non-hydrogen) atoms. The van der Waals surface area contributed by atoms with Crippen molar-refractivity contribution < 1.29 is 4.79 Å². The summed E-state index contributed by atoms with van der Waals surface area (Å²) < 4.78 is 0. The zero-order valence-corrected chi connectivity index (χ0v) is 15.2. The second-order valence-corrected chi connectivity index (χ2v) is 7.37. The Morgan fingerprint density at radius 3 is 2.65 bits per heavy atom. The van der Waals surface area contributed by atoms with Crippen molar-refractivity contribution in [1.29, 1.82) is 0 Å². The number of hydrogen-bond donors (Lipinski definition) is 2. The van der Waals surface area contributed by atoms with E-state index in [1.54, 1.807) is 6.20 Å². The fourth-order valence-electron chi connectivity index (χ4n) is 3.75. The Bertz CT molecular complexity index is 793. The van der Waals surface area contributed by atoms with Gasteiger partial charge in [-0.1, -0.05) is 43.0 Å². The monoisotopic (exact) mass is 371 g/mol. The Labute approximate surface area is 157 Å². The fourth-order valence-corrected chi connectivity index (χ4v) is 3.88. The van der Waals surface area contributed by atoms with Crippen LogP contribution < -0.4 is 11.1 Å². The Morgan fingerprint density at radius 2 is 1.96 bits per heavy atom. The van der Waals surface area contributed by atoms with E-state index in [2.05, 4.69) is 5.32 Å². The third-order valence-electron chi connectivity index (χ3n) is 5.13. The fraction of sp³-hybridized carbons (Fsp3) is 0.421. The molecular weight excluding hydrogens is 350 g/mol. The summed E-state index contributed by atoms with van der Waals surface area (Å²) >= 11 is 5.99. The van der Waals surface area contributed by atoms with Gasteiger partial charge in [-0.25, -0.2) is 0 Å². The number of nitrogens with two attached hydrogens (primary N) is 1. The maximum absolute atomic E-state index is 11.8. The van der Waals surface area contributed by atoms with Crippen LogP contribution in [0.3, 0.4) is 0 Å². The van der Waals surface area contributed by atoms with Crippen LogP contribution in [0.2, 0.25) is 5.02 Å². The maximum Gasteiger partial charge on any atom is 0.266 e. The van der Waals surface area contributed by atoms with Crippen LogP contribution in [0.5, 0.6) is 0 Å². The van der Waals surface area contributed by atoms with Crippen LogP contribution in [0.1, 0.15) is 43.7 Å². The number of fused-ring (bicyclic) bond motifs is 1. The van der Waals surface area contributed by atoms with Crippen molar-refractivity contribution >= 4 is 29.2 Å². The second kappa shape index (κ2) is 7.11. The van der Waals surface area contributed by atoms with Gasteiger partial charge in [-0.2, -0.15) is 0 Å². The van der Waals surface area contributed by atoms with Crippen LogP contribution in [0.15, 0.2) is 46.1 Å². The number of nitrogens with zero attached hydrogens (tertiary/aromatic N) is 3. The molecule has 6 nitrogen and oxygen atoms in total. The topological polar surface area (TPSA) is 83.1 Å². The van der Waals surface area contributed by atoms with E-state index in [1.807, 2.05) is 29.2 Å². The highest BCUT2D eigenvalue weighted by molar-refractivity contribution is 6.42. The molecule has 3 aliphatic rings. The van der Waals surface area contributed by atoms with Crippen LogP contribution in [0, 0.1) is 0 Å². The van der Waals surface area contributed by atoms with Gasteiger partial charge in [-0.15, -0.1) is 0 Å². The second-order valence-electron chi connectivity index (χ2n) is 6.94. The normalized spacial score (nSPS) is 24.7. The lowest BCUT2D eigenvalue weighted by molar-refractivity contribution is -0.115. The number of rotatable bonds is 3. The third-order valence-corrected chi connectivity index (χ3v) is 5.38. The quantitative estimate of drug-likeness (QED) is 0.856. The van der Waals surface area contributed by atoms with E-state index in [4.69, 9.17) is 27.3 Å². The van der Waals surface area contributed by atoms with Crippen molar-refractivity contribution in [3.63, 3.8) is 0 Å². The van der Waals surface area contributed by atoms with Gasteiger partial charge in [-0.3, -0.25) is 14.8 Å². The highest BCUT2D eigenvalue weighted by Crippen LogP contribution is 2.30. The zero-order chi connectivity index (χ0) is 18.1. The van der Waals surface area contributed by atoms with Crippen molar-refractivity contribution in [3.8, 4) is 0 Å². The number of primary amides is 1. The molecule has 0 radical (unpaired) electrons. The maximum atomic E-state index is 11.8. The molecule has 3 N–H and O–H groups in total. The molecule has 136 valence electrons. The van der Waals surface area contributed by atoms with Crippen LogP contribution in [-0.2, 0) is 4.79 Å². The Balaban J connectivity index is 1.66. The molecule has 0 aromatic heterocycles. The summed E-state index contributed by atoms with van der Waals surface area (Å²) in [5, 5.41) is 3.83. The molecule has 1 unspecified atom stereocenters. The van der Waals surface area contributed by atoms with E-state index >= 15 is 0 Å². The first kappa shape index (κ1) is 17.1. The summed E-state index contributed by atoms with van der Waals surface area (Å²) in [5.41, 5.74) is 7.03. The average molecular weight is 372 g/mol. The van der Waals surface area contributed by atoms with E-state index in [9.17, 15) is 4.79 Å². The standard InChI is InChI=1S/C19H22ClN5O/c20-13-8-6-12(7-9-13)15-11-25-16(17(21)26)10-22-18(19(25)24-15)23-14-4-2-1-3-5-14/h6-10,14-15H,1-5,11H2,(H2,21,26)(H,22,23). The summed E-state index contributed by atoms with van der Waals surface area (Å²) in [6.45, 7) is 0.567. The van der Waals surface area contributed by atoms with Crippen LogP contribution in [0.4, 0.5) is 0 Å². The number of carbonyl (C=O) groups excluding carboxylic acids is 1. The molecule has 1 amide bonds. The number of hydrogen-bond acceptors (Lipinski definition) is 4. The molecule has 1 saturated carbocycles. The molecule has 2 aliphatic heterocycles. The SMILES string of the molecule is NC(=O)C1=CNC(=NC2CCCCC2)C2=NC(c3ccc(Cl)cc3)CN12. The molecule has 7 heteroatoms. The molecule has 4 rings (SSSR count). The van der Waals surface area contributed by atoms with Crippen LogP contribution in [-0.4, -0.2) is 35.1 Å². The lowest BCUT2D eigenvalue weighted by atomic mass is 9.96. The zero-order valence-electron chi connectivity index (χ0n) is 14.5. The van der Waals surface area contributed by atoms with Crippen molar-refractivity contribution in [1.82, 2.24) is 10.2 Å². The molecule has 0 spiro atoms. The molecule has 0 saturated heterocycles. The smallest absolute Gasteiger partial charge is 0.266 e. The highest BCUT2D eigenvalue weighted by Gasteiger charge is 2.36. The van der Waals surface area contributed by atoms with Crippen molar-refractivity contribution in [2.24, 2.45) is 15.7 Å². The molecule has 1 atom stereocenters. The van der Waals surface area contributed by atoms with Gasteiger partial charge in [0.25, 0.3) is 5.91 Å². The Hall–Kier alpha value is -2.34. The molecular formula is C19H22ClN5O. The Morgan fingerprint density at radius 1 is 1.23 bits per heavy atom. The summed E-state index contributed by atoms with van der Waals surface area (Å²) in [4.78, 5) is 23.5. The van der Waals surface area contributed by atoms with Crippen LogP contribution >= 0.6 is 11.6 Å². The number of benzene rings is 1. The van der Waals surface area contributed by atoms with Gasteiger partial charge in [0.1, 0.15) is 5.70 Å². The number of halogens is 1. The van der Waals surface area contributed by atoms with E-state index in [0.29, 0.717) is 29.1 Å². The van der Waals surface area contributed by atoms with E-state index in [0.717, 1.165) is 24.2 Å². The third kappa shape index (κ3) is 3.33. The summed E-state index contributed by atoms with van der Waals surface area (Å²) in [7, 11) is 0. The first-order chi connectivity index (χ1) is 12.6. The number of amidine groups is 2. The molecule has 1 fully saturated rings. The number of amides is 1. The minimum Gasteiger partial charge on any atom is -0.364 e. The van der Waals surface area contributed by atoms with E-state index < -0.39 is 5.91 Å². The van der Waals surface area contributed by atoms with Gasteiger partial charge < -0.3 is 16.0 Å². The lowest BCUT2D eigenvalue weighted by Crippen LogP contribution is -2.47. The van der Waals surface area contributed by atoms with Crippen molar-refractivity contribution in [3.05, 3.63) is 46.7 Å². The van der Waals surface area contributed by atoms with Crippen molar-refractivity contribution in [2.75, 3.05) is 6.54 Å². The van der Waals surface area contributed by atoms with Gasteiger partial charge in [0, 0.05) is 11.2 Å².